The van der Waals surface area contributed by atoms with Gasteiger partial charge in [-0.2, -0.15) is 0 Å². The number of hydrogen-bond acceptors (Lipinski definition) is 4. The normalized spacial score (nSPS) is 19.9. The number of rotatable bonds is 4. The van der Waals surface area contributed by atoms with Gasteiger partial charge in [-0.1, -0.05) is 54.6 Å². The Morgan fingerprint density at radius 2 is 1.66 bits per heavy atom. The third kappa shape index (κ3) is 3.10. The van der Waals surface area contributed by atoms with Crippen LogP contribution in [0.1, 0.15) is 27.4 Å². The van der Waals surface area contributed by atoms with Gasteiger partial charge >= 0.3 is 0 Å². The number of fused-ring (bicyclic) bond motifs is 1. The summed E-state index contributed by atoms with van der Waals surface area (Å²) in [7, 11) is 1.66. The Hall–Kier alpha value is -3.11. The van der Waals surface area contributed by atoms with Crippen molar-refractivity contribution in [2.75, 3.05) is 25.5 Å². The molecule has 29 heavy (non-hydrogen) atoms. The lowest BCUT2D eigenvalue weighted by atomic mass is 9.67. The van der Waals surface area contributed by atoms with Gasteiger partial charge in [0.2, 0.25) is 0 Å². The van der Waals surface area contributed by atoms with Gasteiger partial charge in [-0.3, -0.25) is 9.69 Å². The van der Waals surface area contributed by atoms with Crippen molar-refractivity contribution < 1.29 is 9.53 Å². The molecule has 1 saturated heterocycles. The summed E-state index contributed by atoms with van der Waals surface area (Å²) in [6.07, 6.45) is 0. The zero-order chi connectivity index (χ0) is 19.8. The van der Waals surface area contributed by atoms with Crippen LogP contribution in [-0.2, 0) is 6.54 Å². The molecule has 0 saturated carbocycles. The third-order valence-electron chi connectivity index (χ3n) is 6.10. The van der Waals surface area contributed by atoms with Crippen molar-refractivity contribution in [2.45, 2.75) is 18.0 Å². The van der Waals surface area contributed by atoms with Crippen molar-refractivity contribution in [3.05, 3.63) is 95.6 Å². The molecule has 4 nitrogen and oxygen atoms in total. The number of anilines is 1. The van der Waals surface area contributed by atoms with E-state index in [-0.39, 0.29) is 17.2 Å². The van der Waals surface area contributed by atoms with Crippen molar-refractivity contribution in [3.63, 3.8) is 0 Å². The fourth-order valence-corrected chi connectivity index (χ4v) is 4.79. The number of ketones is 1. The van der Waals surface area contributed by atoms with Gasteiger partial charge in [0.1, 0.15) is 5.75 Å². The maximum absolute atomic E-state index is 13.6. The second-order valence-corrected chi connectivity index (χ2v) is 8.03. The highest BCUT2D eigenvalue weighted by atomic mass is 16.5. The van der Waals surface area contributed by atoms with Crippen LogP contribution in [0.4, 0.5) is 5.69 Å². The number of carbonyl (C=O) groups excluding carboxylic acids is 1. The van der Waals surface area contributed by atoms with E-state index in [9.17, 15) is 4.79 Å². The van der Waals surface area contributed by atoms with Gasteiger partial charge in [-0.25, -0.2) is 0 Å². The van der Waals surface area contributed by atoms with Gasteiger partial charge in [-0.15, -0.1) is 0 Å². The number of hydrogen-bond donors (Lipinski definition) is 1. The molecule has 0 bridgehead atoms. The molecule has 1 unspecified atom stereocenters. The molecule has 2 aliphatic heterocycles. The summed E-state index contributed by atoms with van der Waals surface area (Å²) in [5.41, 5.74) is 3.78. The summed E-state index contributed by atoms with van der Waals surface area (Å²) in [5.74, 6) is 0.790. The van der Waals surface area contributed by atoms with Crippen molar-refractivity contribution >= 4 is 11.5 Å². The van der Waals surface area contributed by atoms with Crippen LogP contribution in [0, 0.1) is 0 Å². The summed E-state index contributed by atoms with van der Waals surface area (Å²) in [6, 6.07) is 26.3. The number of methoxy groups -OCH3 is 1. The number of carbonyl (C=O) groups is 1. The predicted octanol–water partition coefficient (Wildman–Crippen LogP) is 4.34. The van der Waals surface area contributed by atoms with Crippen LogP contribution in [0.5, 0.6) is 5.75 Å². The molecular formula is C25H24N2O2. The first-order chi connectivity index (χ1) is 14.2. The Morgan fingerprint density at radius 1 is 0.966 bits per heavy atom. The highest BCUT2D eigenvalue weighted by Crippen LogP contribution is 2.46. The van der Waals surface area contributed by atoms with E-state index in [2.05, 4.69) is 34.5 Å². The minimum absolute atomic E-state index is 0.198. The monoisotopic (exact) mass is 384 g/mol. The molecule has 1 N–H and O–H groups in total. The number of ether oxygens (including phenoxy) is 1. The van der Waals surface area contributed by atoms with Crippen molar-refractivity contribution in [3.8, 4) is 5.75 Å². The Morgan fingerprint density at radius 3 is 2.38 bits per heavy atom. The minimum Gasteiger partial charge on any atom is -0.497 e. The molecule has 2 heterocycles. The predicted molar refractivity (Wildman–Crippen MR) is 115 cm³/mol. The average Bonchev–Trinajstić information content (AvgIpc) is 2.74. The Bertz CT molecular complexity index is 1020. The quantitative estimate of drug-likeness (QED) is 0.726. The maximum atomic E-state index is 13.6. The molecule has 2 aliphatic rings. The van der Waals surface area contributed by atoms with E-state index >= 15 is 0 Å². The van der Waals surface area contributed by atoms with Gasteiger partial charge < -0.3 is 10.1 Å². The van der Waals surface area contributed by atoms with E-state index in [1.54, 1.807) is 7.11 Å². The van der Waals surface area contributed by atoms with Gasteiger partial charge in [0.05, 0.1) is 18.6 Å². The topological polar surface area (TPSA) is 41.6 Å². The van der Waals surface area contributed by atoms with Gasteiger partial charge in [0, 0.05) is 30.9 Å². The largest absolute Gasteiger partial charge is 0.497 e. The van der Waals surface area contributed by atoms with Crippen LogP contribution in [0.25, 0.3) is 0 Å². The van der Waals surface area contributed by atoms with E-state index in [0.29, 0.717) is 0 Å². The first-order valence-electron chi connectivity index (χ1n) is 10.0. The second kappa shape index (κ2) is 7.05. The maximum Gasteiger partial charge on any atom is 0.174 e. The van der Waals surface area contributed by atoms with Gasteiger partial charge in [-0.05, 0) is 35.4 Å². The molecule has 0 radical (unpaired) electrons. The zero-order valence-corrected chi connectivity index (χ0v) is 16.5. The van der Waals surface area contributed by atoms with Crippen LogP contribution < -0.4 is 10.1 Å². The van der Waals surface area contributed by atoms with Gasteiger partial charge in [0.15, 0.2) is 5.78 Å². The highest BCUT2D eigenvalue weighted by Gasteiger charge is 2.54. The lowest BCUT2D eigenvalue weighted by Gasteiger charge is -2.56. The van der Waals surface area contributed by atoms with E-state index in [1.807, 2.05) is 54.6 Å². The van der Waals surface area contributed by atoms with Gasteiger partial charge in [0.25, 0.3) is 0 Å². The molecule has 146 valence electrons. The first-order valence-corrected chi connectivity index (χ1v) is 10.0. The summed E-state index contributed by atoms with van der Waals surface area (Å²) < 4.78 is 5.31. The van der Waals surface area contributed by atoms with E-state index in [4.69, 9.17) is 4.74 Å². The van der Waals surface area contributed by atoms with E-state index < -0.39 is 0 Å². The molecule has 0 amide bonds. The third-order valence-corrected chi connectivity index (χ3v) is 6.10. The fraction of sp³-hybridized carbons (Fsp3) is 0.240. The summed E-state index contributed by atoms with van der Waals surface area (Å²) >= 11 is 0. The van der Waals surface area contributed by atoms with Crippen molar-refractivity contribution in [1.29, 1.82) is 0 Å². The van der Waals surface area contributed by atoms with Crippen LogP contribution in [-0.4, -0.2) is 36.4 Å². The molecule has 3 aromatic carbocycles. The summed E-state index contributed by atoms with van der Waals surface area (Å²) in [4.78, 5) is 16.0. The summed E-state index contributed by atoms with van der Waals surface area (Å²) in [5, 5.41) is 3.74. The average molecular weight is 384 g/mol. The molecule has 5 rings (SSSR count). The highest BCUT2D eigenvalue weighted by molar-refractivity contribution is 6.08. The van der Waals surface area contributed by atoms with Crippen LogP contribution in [0.15, 0.2) is 78.9 Å². The number of benzene rings is 3. The minimum atomic E-state index is -0.283. The standard InChI is InChI=1S/C25H24N2O2/c1-29-20-13-11-19(12-14-20)23-24(28)21-9-5-6-10-22(21)26-25(23)16-27(17-25)15-18-7-3-2-4-8-18/h2-14,23,26H,15-17H2,1H3. The molecule has 0 aliphatic carbocycles. The Kier molecular flexibility index (Phi) is 4.36. The first kappa shape index (κ1) is 18.0. The number of likely N-dealkylation sites (tertiary alicyclic amines) is 1. The smallest absolute Gasteiger partial charge is 0.174 e. The SMILES string of the molecule is COc1ccc(C2C(=O)c3ccccc3NC23CN(Cc2ccccc2)C3)cc1. The number of nitrogens with one attached hydrogen (secondary N) is 1. The van der Waals surface area contributed by atoms with Crippen molar-refractivity contribution in [1.82, 2.24) is 4.90 Å². The van der Waals surface area contributed by atoms with Crippen LogP contribution in [0.3, 0.4) is 0 Å². The second-order valence-electron chi connectivity index (χ2n) is 8.03. The van der Waals surface area contributed by atoms with Crippen LogP contribution >= 0.6 is 0 Å². The molecule has 0 aromatic heterocycles. The molecule has 1 fully saturated rings. The molecule has 1 spiro atoms. The molecule has 3 aromatic rings. The number of para-hydroxylation sites is 1. The molecule has 4 heteroatoms. The summed E-state index contributed by atoms with van der Waals surface area (Å²) in [6.45, 7) is 2.56. The molecule has 1 atom stereocenters. The number of Topliss-reactive ketones (excluding diaryl/α,β-unsaturated/α-hetero) is 1. The lowest BCUT2D eigenvalue weighted by molar-refractivity contribution is 0.0482. The Labute approximate surface area is 171 Å². The number of nitrogens with zero attached hydrogens (tertiary/aromatic N) is 1. The zero-order valence-electron chi connectivity index (χ0n) is 16.5. The van der Waals surface area contributed by atoms with Crippen molar-refractivity contribution in [2.24, 2.45) is 0 Å². The fourth-order valence-electron chi connectivity index (χ4n) is 4.79. The van der Waals surface area contributed by atoms with Crippen LogP contribution in [0.2, 0.25) is 0 Å². The lowest BCUT2D eigenvalue weighted by Crippen LogP contribution is -2.70. The van der Waals surface area contributed by atoms with E-state index in [0.717, 1.165) is 42.2 Å². The van der Waals surface area contributed by atoms with E-state index in [1.165, 1.54) is 5.56 Å². The molecular weight excluding hydrogens is 360 g/mol. The Balaban J connectivity index is 1.47.